The topological polar surface area (TPSA) is 65.0 Å². The number of para-hydroxylation sites is 1. The van der Waals surface area contributed by atoms with Gasteiger partial charge in [0.1, 0.15) is 22.3 Å². The summed E-state index contributed by atoms with van der Waals surface area (Å²) in [6, 6.07) is 47.6. The van der Waals surface area contributed by atoms with Gasteiger partial charge in [0.15, 0.2) is 17.5 Å². The van der Waals surface area contributed by atoms with Crippen LogP contribution in [0.5, 0.6) is 0 Å². The van der Waals surface area contributed by atoms with Gasteiger partial charge in [0.05, 0.1) is 0 Å². The van der Waals surface area contributed by atoms with Crippen molar-refractivity contribution in [2.75, 3.05) is 0 Å². The Kier molecular flexibility index (Phi) is 5.22. The highest BCUT2D eigenvalue weighted by Crippen LogP contribution is 2.38. The van der Waals surface area contributed by atoms with E-state index in [1.165, 1.54) is 10.8 Å². The van der Waals surface area contributed by atoms with E-state index in [1.54, 1.807) is 0 Å². The fourth-order valence-corrected chi connectivity index (χ4v) is 6.65. The minimum Gasteiger partial charge on any atom is -0.456 e. The second kappa shape index (κ2) is 9.58. The first-order chi connectivity index (χ1) is 22.7. The van der Waals surface area contributed by atoms with Gasteiger partial charge in [0.2, 0.25) is 0 Å². The molecule has 3 heterocycles. The summed E-state index contributed by atoms with van der Waals surface area (Å²) in [7, 11) is 0. The van der Waals surface area contributed by atoms with E-state index in [0.29, 0.717) is 17.5 Å². The Morgan fingerprint density at radius 3 is 1.78 bits per heavy atom. The lowest BCUT2D eigenvalue weighted by Crippen LogP contribution is -2.00. The van der Waals surface area contributed by atoms with Gasteiger partial charge in [0.25, 0.3) is 0 Å². The van der Waals surface area contributed by atoms with Crippen molar-refractivity contribution in [3.05, 3.63) is 140 Å². The van der Waals surface area contributed by atoms with Crippen LogP contribution in [-0.2, 0) is 0 Å². The van der Waals surface area contributed by atoms with Crippen molar-refractivity contribution in [3.63, 3.8) is 0 Å². The van der Waals surface area contributed by atoms with E-state index in [1.807, 2.05) is 48.5 Å². The fourth-order valence-electron chi connectivity index (χ4n) is 6.65. The van der Waals surface area contributed by atoms with Gasteiger partial charge in [0, 0.05) is 38.2 Å². The number of aromatic nitrogens is 3. The first kappa shape index (κ1) is 25.0. The molecule has 7 aromatic carbocycles. The Balaban J connectivity index is 1.23. The Bertz CT molecular complexity index is 2830. The molecule has 0 aliphatic rings. The third-order valence-corrected chi connectivity index (χ3v) is 8.88. The van der Waals surface area contributed by atoms with Crippen molar-refractivity contribution in [1.29, 1.82) is 0 Å². The molecule has 10 rings (SSSR count). The maximum atomic E-state index is 6.30. The number of benzene rings is 7. The Morgan fingerprint density at radius 2 is 0.935 bits per heavy atom. The van der Waals surface area contributed by atoms with Crippen molar-refractivity contribution in [3.8, 4) is 34.2 Å². The Labute approximate surface area is 262 Å². The van der Waals surface area contributed by atoms with Crippen molar-refractivity contribution < 1.29 is 8.83 Å². The summed E-state index contributed by atoms with van der Waals surface area (Å²) in [6.07, 6.45) is 0. The van der Waals surface area contributed by atoms with Crippen LogP contribution in [0.4, 0.5) is 0 Å². The zero-order valence-corrected chi connectivity index (χ0v) is 24.4. The molecule has 3 aromatic heterocycles. The van der Waals surface area contributed by atoms with E-state index in [9.17, 15) is 0 Å². The van der Waals surface area contributed by atoms with Gasteiger partial charge in [-0.25, -0.2) is 15.0 Å². The highest BCUT2D eigenvalue weighted by atomic mass is 16.3. The molecule has 5 nitrogen and oxygen atoms in total. The van der Waals surface area contributed by atoms with Crippen LogP contribution in [0.1, 0.15) is 0 Å². The summed E-state index contributed by atoms with van der Waals surface area (Å²) in [6.45, 7) is 0. The van der Waals surface area contributed by atoms with E-state index in [2.05, 4.69) is 91.0 Å². The highest BCUT2D eigenvalue weighted by molar-refractivity contribution is 6.12. The molecular weight excluding hydrogens is 566 g/mol. The van der Waals surface area contributed by atoms with Crippen LogP contribution < -0.4 is 0 Å². The summed E-state index contributed by atoms with van der Waals surface area (Å²) in [5.74, 6) is 1.79. The monoisotopic (exact) mass is 589 g/mol. The smallest absolute Gasteiger partial charge is 0.164 e. The van der Waals surface area contributed by atoms with Crippen LogP contribution in [-0.4, -0.2) is 15.0 Å². The molecule has 0 unspecified atom stereocenters. The average Bonchev–Trinajstić information content (AvgIpc) is 3.67. The van der Waals surface area contributed by atoms with Gasteiger partial charge in [-0.15, -0.1) is 0 Å². The molecule has 0 aliphatic heterocycles. The van der Waals surface area contributed by atoms with E-state index < -0.39 is 0 Å². The Hall–Kier alpha value is -6.33. The highest BCUT2D eigenvalue weighted by Gasteiger charge is 2.19. The maximum absolute atomic E-state index is 6.30. The first-order valence-electron chi connectivity index (χ1n) is 15.3. The van der Waals surface area contributed by atoms with Crippen molar-refractivity contribution in [1.82, 2.24) is 15.0 Å². The summed E-state index contributed by atoms with van der Waals surface area (Å²) in [5, 5.41) is 8.72. The SMILES string of the molecule is c1ccc2cc(-c3nc(-c4ccc5oc6cc7ccccc7cc6c5c4)nc(-c4cccc5oc6ccccc6c45)n3)ccc2c1. The summed E-state index contributed by atoms with van der Waals surface area (Å²) < 4.78 is 12.5. The summed E-state index contributed by atoms with van der Waals surface area (Å²) >= 11 is 0. The van der Waals surface area contributed by atoms with Gasteiger partial charge >= 0.3 is 0 Å². The van der Waals surface area contributed by atoms with Crippen LogP contribution in [0.25, 0.3) is 99.6 Å². The number of rotatable bonds is 3. The molecule has 5 heteroatoms. The number of nitrogens with zero attached hydrogens (tertiary/aromatic N) is 3. The molecule has 0 aliphatic carbocycles. The summed E-state index contributed by atoms with van der Waals surface area (Å²) in [4.78, 5) is 15.3. The lowest BCUT2D eigenvalue weighted by Gasteiger charge is -2.10. The molecule has 0 fully saturated rings. The molecule has 0 spiro atoms. The predicted octanol–water partition coefficient (Wildman–Crippen LogP) is 11.0. The lowest BCUT2D eigenvalue weighted by atomic mass is 10.0. The number of hydrogen-bond acceptors (Lipinski definition) is 5. The van der Waals surface area contributed by atoms with E-state index in [-0.39, 0.29) is 0 Å². The molecule has 0 saturated carbocycles. The average molecular weight is 590 g/mol. The van der Waals surface area contributed by atoms with Crippen LogP contribution in [0.3, 0.4) is 0 Å². The Morgan fingerprint density at radius 1 is 0.348 bits per heavy atom. The van der Waals surface area contributed by atoms with Gasteiger partial charge < -0.3 is 8.83 Å². The van der Waals surface area contributed by atoms with Gasteiger partial charge in [-0.3, -0.25) is 0 Å². The maximum Gasteiger partial charge on any atom is 0.164 e. The van der Waals surface area contributed by atoms with Gasteiger partial charge in [-0.05, 0) is 70.1 Å². The molecular formula is C41H23N3O2. The van der Waals surface area contributed by atoms with E-state index in [4.69, 9.17) is 23.8 Å². The molecule has 0 N–H and O–H groups in total. The molecule has 0 radical (unpaired) electrons. The number of furan rings is 2. The minimum absolute atomic E-state index is 0.591. The fraction of sp³-hybridized carbons (Fsp3) is 0. The number of fused-ring (bicyclic) bond motifs is 8. The van der Waals surface area contributed by atoms with Gasteiger partial charge in [-0.2, -0.15) is 0 Å². The molecule has 0 saturated heterocycles. The quantitative estimate of drug-likeness (QED) is 0.205. The normalized spacial score (nSPS) is 11.9. The summed E-state index contributed by atoms with van der Waals surface area (Å²) in [5.41, 5.74) is 6.03. The molecule has 0 bridgehead atoms. The van der Waals surface area contributed by atoms with Crippen molar-refractivity contribution >= 4 is 65.4 Å². The lowest BCUT2D eigenvalue weighted by molar-refractivity contribution is 0.668. The van der Waals surface area contributed by atoms with Crippen LogP contribution in [0.2, 0.25) is 0 Å². The molecule has 0 atom stereocenters. The largest absolute Gasteiger partial charge is 0.456 e. The third-order valence-electron chi connectivity index (χ3n) is 8.88. The molecule has 10 aromatic rings. The first-order valence-corrected chi connectivity index (χ1v) is 15.3. The second-order valence-electron chi connectivity index (χ2n) is 11.7. The third kappa shape index (κ3) is 3.85. The predicted molar refractivity (Wildman–Crippen MR) is 186 cm³/mol. The van der Waals surface area contributed by atoms with Crippen LogP contribution in [0.15, 0.2) is 148 Å². The van der Waals surface area contributed by atoms with Crippen molar-refractivity contribution in [2.24, 2.45) is 0 Å². The van der Waals surface area contributed by atoms with Crippen LogP contribution >= 0.6 is 0 Å². The minimum atomic E-state index is 0.591. The molecule has 214 valence electrons. The van der Waals surface area contributed by atoms with Crippen LogP contribution in [0, 0.1) is 0 Å². The van der Waals surface area contributed by atoms with Crippen molar-refractivity contribution in [2.45, 2.75) is 0 Å². The molecule has 0 amide bonds. The zero-order valence-electron chi connectivity index (χ0n) is 24.4. The molecule has 46 heavy (non-hydrogen) atoms. The van der Waals surface area contributed by atoms with Gasteiger partial charge in [-0.1, -0.05) is 91.0 Å². The van der Waals surface area contributed by atoms with E-state index in [0.717, 1.165) is 71.3 Å². The zero-order chi connectivity index (χ0) is 30.2. The standard InChI is InChI=1S/C41H23N3O2/c1-2-9-25-20-28(17-16-24(25)8-1)39-42-40(44-41(43-39)31-13-7-15-36-38(31)30-12-5-6-14-34(30)45-36)29-18-19-35-32(22-29)33-21-26-10-3-4-11-27(26)23-37(33)46-35/h1-23H. The number of hydrogen-bond donors (Lipinski definition) is 0. The second-order valence-corrected chi connectivity index (χ2v) is 11.7. The van der Waals surface area contributed by atoms with E-state index >= 15 is 0 Å².